The molecule has 8 heteroatoms. The molecule has 0 saturated heterocycles. The van der Waals surface area contributed by atoms with Gasteiger partial charge in [0.25, 0.3) is 5.56 Å². The molecule has 4 aromatic rings. The van der Waals surface area contributed by atoms with Gasteiger partial charge in [0.15, 0.2) is 5.82 Å². The van der Waals surface area contributed by atoms with Crippen molar-refractivity contribution in [3.05, 3.63) is 57.7 Å². The van der Waals surface area contributed by atoms with Gasteiger partial charge in [0, 0.05) is 19.8 Å². The Kier molecular flexibility index (Phi) is 4.06. The van der Waals surface area contributed by atoms with Crippen LogP contribution in [0.25, 0.3) is 16.0 Å². The summed E-state index contributed by atoms with van der Waals surface area (Å²) >= 11 is 1.45. The molecule has 7 nitrogen and oxygen atoms in total. The van der Waals surface area contributed by atoms with E-state index in [4.69, 9.17) is 0 Å². The molecule has 0 aliphatic carbocycles. The van der Waals surface area contributed by atoms with E-state index < -0.39 is 0 Å². The van der Waals surface area contributed by atoms with Crippen LogP contribution >= 0.6 is 11.3 Å². The molecule has 4 rings (SSSR count). The van der Waals surface area contributed by atoms with Crippen molar-refractivity contribution < 1.29 is 0 Å². The van der Waals surface area contributed by atoms with E-state index in [1.807, 2.05) is 34.0 Å². The van der Waals surface area contributed by atoms with E-state index in [0.29, 0.717) is 12.3 Å². The smallest absolute Gasteiger partial charge is 0.272 e. The first-order valence-electron chi connectivity index (χ1n) is 8.11. The molecule has 4 heterocycles. The number of rotatable bonds is 5. The van der Waals surface area contributed by atoms with Crippen LogP contribution in [-0.2, 0) is 20.1 Å². The maximum absolute atomic E-state index is 12.4. The van der Waals surface area contributed by atoms with Gasteiger partial charge in [0.05, 0.1) is 17.8 Å². The Hall–Kier alpha value is -2.58. The molecule has 0 spiro atoms. The van der Waals surface area contributed by atoms with E-state index in [0.717, 1.165) is 34.8 Å². The average molecular weight is 354 g/mol. The summed E-state index contributed by atoms with van der Waals surface area (Å²) in [5, 5.41) is 10.5. The van der Waals surface area contributed by atoms with Gasteiger partial charge in [0.1, 0.15) is 4.70 Å². The third-order valence-electron chi connectivity index (χ3n) is 4.32. The molecular weight excluding hydrogens is 336 g/mol. The van der Waals surface area contributed by atoms with Crippen molar-refractivity contribution in [3.63, 3.8) is 0 Å². The second kappa shape index (κ2) is 6.38. The number of hydrogen-bond donors (Lipinski definition) is 0. The lowest BCUT2D eigenvalue weighted by Gasteiger charge is -2.19. The largest absolute Gasteiger partial charge is 0.290 e. The Morgan fingerprint density at radius 1 is 1.20 bits per heavy atom. The monoisotopic (exact) mass is 354 g/mol. The van der Waals surface area contributed by atoms with Crippen molar-refractivity contribution >= 4 is 27.3 Å². The highest BCUT2D eigenvalue weighted by atomic mass is 32.1. The minimum atomic E-state index is -0.0303. The van der Waals surface area contributed by atoms with E-state index in [2.05, 4.69) is 27.0 Å². The molecule has 0 atom stereocenters. The second-order valence-corrected chi connectivity index (χ2v) is 6.79. The summed E-state index contributed by atoms with van der Waals surface area (Å²) in [5.41, 5.74) is 1.86. The molecule has 0 radical (unpaired) electrons. The van der Waals surface area contributed by atoms with Gasteiger partial charge in [-0.2, -0.15) is 0 Å². The highest BCUT2D eigenvalue weighted by Crippen LogP contribution is 2.20. The summed E-state index contributed by atoms with van der Waals surface area (Å²) in [7, 11) is 1.74. The molecular formula is C17H18N6OS. The molecule has 0 saturated carbocycles. The highest BCUT2D eigenvalue weighted by molar-refractivity contribution is 7.17. The van der Waals surface area contributed by atoms with Crippen molar-refractivity contribution in [1.29, 1.82) is 0 Å². The van der Waals surface area contributed by atoms with Crippen molar-refractivity contribution in [3.8, 4) is 0 Å². The molecule has 0 aliphatic heterocycles. The number of aromatic nitrogens is 5. The molecule has 4 aromatic heterocycles. The zero-order chi connectivity index (χ0) is 17.4. The SMILES string of the molecule is CCN(Cc1ccccn1)Cc1nnc2n(C)c(=O)c3sccc3n12. The fourth-order valence-corrected chi connectivity index (χ4v) is 3.81. The van der Waals surface area contributed by atoms with Crippen molar-refractivity contribution in [1.82, 2.24) is 29.0 Å². The van der Waals surface area contributed by atoms with Gasteiger partial charge in [-0.05, 0) is 30.1 Å². The molecule has 0 aromatic carbocycles. The van der Waals surface area contributed by atoms with Crippen LogP contribution in [0, 0.1) is 0 Å². The van der Waals surface area contributed by atoms with Crippen LogP contribution in [-0.4, -0.2) is 35.6 Å². The third kappa shape index (κ3) is 2.73. The first kappa shape index (κ1) is 15.9. The first-order chi connectivity index (χ1) is 12.2. The van der Waals surface area contributed by atoms with Crippen LogP contribution in [0.15, 0.2) is 40.6 Å². The first-order valence-corrected chi connectivity index (χ1v) is 8.99. The van der Waals surface area contributed by atoms with Gasteiger partial charge in [-0.25, -0.2) is 0 Å². The fourth-order valence-electron chi connectivity index (χ4n) is 2.96. The van der Waals surface area contributed by atoms with Crippen LogP contribution < -0.4 is 5.56 Å². The van der Waals surface area contributed by atoms with Crippen LogP contribution in [0.3, 0.4) is 0 Å². The molecule has 0 fully saturated rings. The van der Waals surface area contributed by atoms with E-state index in [1.54, 1.807) is 17.8 Å². The zero-order valence-corrected chi connectivity index (χ0v) is 14.9. The van der Waals surface area contributed by atoms with Gasteiger partial charge in [-0.3, -0.25) is 23.6 Å². The van der Waals surface area contributed by atoms with E-state index in [1.165, 1.54) is 11.3 Å². The summed E-state index contributed by atoms with van der Waals surface area (Å²) < 4.78 is 4.27. The van der Waals surface area contributed by atoms with Crippen molar-refractivity contribution in [2.24, 2.45) is 7.05 Å². The van der Waals surface area contributed by atoms with E-state index >= 15 is 0 Å². The second-order valence-electron chi connectivity index (χ2n) is 5.88. The molecule has 0 amide bonds. The topological polar surface area (TPSA) is 68.3 Å². The highest BCUT2D eigenvalue weighted by Gasteiger charge is 2.17. The summed E-state index contributed by atoms with van der Waals surface area (Å²) in [5.74, 6) is 1.39. The van der Waals surface area contributed by atoms with Gasteiger partial charge < -0.3 is 0 Å². The lowest BCUT2D eigenvalue weighted by Crippen LogP contribution is -2.25. The molecule has 128 valence electrons. The number of nitrogens with zero attached hydrogens (tertiary/aromatic N) is 6. The molecule has 0 bridgehead atoms. The fraction of sp³-hybridized carbons (Fsp3) is 0.294. The summed E-state index contributed by atoms with van der Waals surface area (Å²) in [6.45, 7) is 4.36. The normalized spacial score (nSPS) is 11.8. The Bertz CT molecular complexity index is 1080. The third-order valence-corrected chi connectivity index (χ3v) is 5.21. The Balaban J connectivity index is 1.75. The van der Waals surface area contributed by atoms with Crippen molar-refractivity contribution in [2.45, 2.75) is 20.0 Å². The molecule has 0 N–H and O–H groups in total. The predicted octanol–water partition coefficient (Wildman–Crippen LogP) is 2.06. The van der Waals surface area contributed by atoms with E-state index in [-0.39, 0.29) is 5.56 Å². The summed E-state index contributed by atoms with van der Waals surface area (Å²) in [4.78, 5) is 19.1. The Morgan fingerprint density at radius 2 is 2.08 bits per heavy atom. The van der Waals surface area contributed by atoms with Gasteiger partial charge in [-0.1, -0.05) is 13.0 Å². The standard InChI is InChI=1S/C17H18N6OS/c1-3-22(10-12-6-4-5-8-18-12)11-14-19-20-17-21(2)16(24)15-13(23(14)17)7-9-25-15/h4-9H,3,10-11H2,1-2H3. The van der Waals surface area contributed by atoms with Crippen LogP contribution in [0.2, 0.25) is 0 Å². The lowest BCUT2D eigenvalue weighted by atomic mass is 10.3. The maximum Gasteiger partial charge on any atom is 0.272 e. The predicted molar refractivity (Wildman–Crippen MR) is 97.6 cm³/mol. The minimum Gasteiger partial charge on any atom is -0.290 e. The summed E-state index contributed by atoms with van der Waals surface area (Å²) in [6.07, 6.45) is 1.81. The Morgan fingerprint density at radius 3 is 2.84 bits per heavy atom. The van der Waals surface area contributed by atoms with Gasteiger partial charge >= 0.3 is 0 Å². The number of hydrogen-bond acceptors (Lipinski definition) is 6. The van der Waals surface area contributed by atoms with Crippen LogP contribution in [0.1, 0.15) is 18.4 Å². The maximum atomic E-state index is 12.4. The summed E-state index contributed by atoms with van der Waals surface area (Å²) in [6, 6.07) is 7.88. The Labute approximate surface area is 148 Å². The number of aryl methyl sites for hydroxylation is 1. The number of pyridine rings is 1. The zero-order valence-electron chi connectivity index (χ0n) is 14.1. The molecule has 0 aliphatic rings. The van der Waals surface area contributed by atoms with Crippen LogP contribution in [0.4, 0.5) is 0 Å². The van der Waals surface area contributed by atoms with E-state index in [9.17, 15) is 4.79 Å². The van der Waals surface area contributed by atoms with Gasteiger partial charge in [0.2, 0.25) is 5.78 Å². The van der Waals surface area contributed by atoms with Gasteiger partial charge in [-0.15, -0.1) is 21.5 Å². The minimum absolute atomic E-state index is 0.0303. The van der Waals surface area contributed by atoms with Crippen molar-refractivity contribution in [2.75, 3.05) is 6.54 Å². The number of fused-ring (bicyclic) bond motifs is 3. The quantitative estimate of drug-likeness (QED) is 0.549. The number of thiophene rings is 1. The lowest BCUT2D eigenvalue weighted by molar-refractivity contribution is 0.260. The molecule has 0 unspecified atom stereocenters. The van der Waals surface area contributed by atoms with Crippen LogP contribution in [0.5, 0.6) is 0 Å². The average Bonchev–Trinajstić information content (AvgIpc) is 3.27. The molecule has 25 heavy (non-hydrogen) atoms.